The van der Waals surface area contributed by atoms with E-state index in [9.17, 15) is 5.11 Å². The van der Waals surface area contributed by atoms with Crippen LogP contribution in [0.25, 0.3) is 0 Å². The molecule has 5 nitrogen and oxygen atoms in total. The molecule has 0 aliphatic rings. The quantitative estimate of drug-likeness (QED) is 0.849. The Balaban J connectivity index is 2.59. The number of methoxy groups -OCH3 is 2. The summed E-state index contributed by atoms with van der Waals surface area (Å²) in [4.78, 5) is 0. The number of benzene rings is 1. The van der Waals surface area contributed by atoms with Gasteiger partial charge in [0.2, 0.25) is 0 Å². The molecular formula is C16H22N2O3. The van der Waals surface area contributed by atoms with Gasteiger partial charge in [0, 0.05) is 13.7 Å². The third kappa shape index (κ3) is 2.94. The third-order valence-electron chi connectivity index (χ3n) is 3.46. The summed E-state index contributed by atoms with van der Waals surface area (Å²) in [5.41, 5.74) is 0.0791. The van der Waals surface area contributed by atoms with Crippen LogP contribution in [0.2, 0.25) is 0 Å². The van der Waals surface area contributed by atoms with Crippen molar-refractivity contribution in [3.05, 3.63) is 47.8 Å². The van der Waals surface area contributed by atoms with Gasteiger partial charge in [-0.15, -0.1) is 0 Å². The van der Waals surface area contributed by atoms with Crippen LogP contribution in [0.5, 0.6) is 5.75 Å². The van der Waals surface area contributed by atoms with Crippen LogP contribution in [-0.4, -0.2) is 35.7 Å². The van der Waals surface area contributed by atoms with Gasteiger partial charge in [0.15, 0.2) is 11.4 Å². The highest BCUT2D eigenvalue weighted by Crippen LogP contribution is 2.36. The van der Waals surface area contributed by atoms with Crippen molar-refractivity contribution in [2.45, 2.75) is 25.5 Å². The molecule has 0 bridgehead atoms. The van der Waals surface area contributed by atoms with Gasteiger partial charge in [-0.2, -0.15) is 5.10 Å². The summed E-state index contributed by atoms with van der Waals surface area (Å²) in [7, 11) is 3.15. The zero-order valence-electron chi connectivity index (χ0n) is 12.7. The second-order valence-electron chi connectivity index (χ2n) is 4.94. The zero-order valence-corrected chi connectivity index (χ0v) is 12.7. The van der Waals surface area contributed by atoms with E-state index in [0.717, 1.165) is 12.0 Å². The molecule has 0 amide bonds. The lowest BCUT2D eigenvalue weighted by atomic mass is 9.90. The lowest BCUT2D eigenvalue weighted by molar-refractivity contribution is -0.0112. The van der Waals surface area contributed by atoms with Gasteiger partial charge in [-0.05, 0) is 12.0 Å². The molecule has 1 atom stereocenters. The van der Waals surface area contributed by atoms with E-state index in [1.54, 1.807) is 25.1 Å². The van der Waals surface area contributed by atoms with E-state index in [2.05, 4.69) is 12.0 Å². The first-order chi connectivity index (χ1) is 10.2. The Morgan fingerprint density at radius 3 is 2.52 bits per heavy atom. The number of aliphatic hydroxyl groups is 1. The molecule has 0 radical (unpaired) electrons. The highest BCUT2D eigenvalue weighted by molar-refractivity contribution is 5.40. The molecule has 1 N–H and O–H groups in total. The minimum atomic E-state index is -1.30. The van der Waals surface area contributed by atoms with E-state index in [0.29, 0.717) is 18.0 Å². The predicted molar refractivity (Wildman–Crippen MR) is 80.4 cm³/mol. The number of hydrogen-bond acceptors (Lipinski definition) is 4. The smallest absolute Gasteiger partial charge is 0.163 e. The van der Waals surface area contributed by atoms with Crippen molar-refractivity contribution >= 4 is 0 Å². The van der Waals surface area contributed by atoms with Gasteiger partial charge in [0.25, 0.3) is 0 Å². The number of ether oxygens (including phenoxy) is 2. The lowest BCUT2D eigenvalue weighted by Crippen LogP contribution is -2.35. The topological polar surface area (TPSA) is 56.5 Å². The van der Waals surface area contributed by atoms with Gasteiger partial charge in [0.05, 0.1) is 19.9 Å². The monoisotopic (exact) mass is 290 g/mol. The highest BCUT2D eigenvalue weighted by atomic mass is 16.5. The number of aryl methyl sites for hydroxylation is 1. The highest BCUT2D eigenvalue weighted by Gasteiger charge is 2.38. The fourth-order valence-electron chi connectivity index (χ4n) is 2.53. The summed E-state index contributed by atoms with van der Waals surface area (Å²) in [6, 6.07) is 9.45. The maximum Gasteiger partial charge on any atom is 0.163 e. The van der Waals surface area contributed by atoms with Crippen molar-refractivity contribution in [2.75, 3.05) is 20.8 Å². The molecule has 2 aromatic rings. The Kier molecular flexibility index (Phi) is 4.98. The van der Waals surface area contributed by atoms with Gasteiger partial charge in [-0.3, -0.25) is 4.68 Å². The third-order valence-corrected chi connectivity index (χ3v) is 3.46. The molecule has 1 unspecified atom stereocenters. The Bertz CT molecular complexity index is 568. The summed E-state index contributed by atoms with van der Waals surface area (Å²) >= 11 is 0. The van der Waals surface area contributed by atoms with Crippen LogP contribution in [0.4, 0.5) is 0 Å². The average Bonchev–Trinajstić information content (AvgIpc) is 2.92. The second kappa shape index (κ2) is 6.74. The Morgan fingerprint density at radius 2 is 1.95 bits per heavy atom. The van der Waals surface area contributed by atoms with E-state index in [1.807, 2.05) is 30.3 Å². The fourth-order valence-corrected chi connectivity index (χ4v) is 2.53. The molecule has 0 saturated carbocycles. The fraction of sp³-hybridized carbons (Fsp3) is 0.438. The SMILES string of the molecule is CCCn1ncc(OC)c1C(O)(COC)c1ccccc1. The average molecular weight is 290 g/mol. The van der Waals surface area contributed by atoms with E-state index >= 15 is 0 Å². The minimum absolute atomic E-state index is 0.128. The van der Waals surface area contributed by atoms with Crippen molar-refractivity contribution in [2.24, 2.45) is 0 Å². The molecule has 21 heavy (non-hydrogen) atoms. The Labute approximate surface area is 125 Å². The summed E-state index contributed by atoms with van der Waals surface area (Å²) < 4.78 is 12.4. The normalized spacial score (nSPS) is 13.9. The van der Waals surface area contributed by atoms with Gasteiger partial charge in [0.1, 0.15) is 5.69 Å². The summed E-state index contributed by atoms with van der Waals surface area (Å²) in [6.45, 7) is 2.90. The number of hydrogen-bond donors (Lipinski definition) is 1. The van der Waals surface area contributed by atoms with E-state index in [-0.39, 0.29) is 6.61 Å². The largest absolute Gasteiger partial charge is 0.493 e. The molecular weight excluding hydrogens is 268 g/mol. The molecule has 0 aliphatic carbocycles. The Hall–Kier alpha value is -1.85. The van der Waals surface area contributed by atoms with Crippen LogP contribution in [-0.2, 0) is 16.9 Å². The zero-order chi connectivity index (χ0) is 15.3. The van der Waals surface area contributed by atoms with Gasteiger partial charge >= 0.3 is 0 Å². The molecule has 0 saturated heterocycles. The molecule has 0 spiro atoms. The van der Waals surface area contributed by atoms with E-state index in [4.69, 9.17) is 9.47 Å². The minimum Gasteiger partial charge on any atom is -0.493 e. The number of nitrogens with zero attached hydrogens (tertiary/aromatic N) is 2. The standard InChI is InChI=1S/C16H22N2O3/c1-4-10-18-15(14(21-3)11-17-18)16(19,12-20-2)13-8-6-5-7-9-13/h5-9,11,19H,4,10,12H2,1-3H3. The first kappa shape index (κ1) is 15.5. The summed E-state index contributed by atoms with van der Waals surface area (Å²) in [6.07, 6.45) is 2.55. The van der Waals surface area contributed by atoms with Crippen molar-refractivity contribution < 1.29 is 14.6 Å². The predicted octanol–water partition coefficient (Wildman–Crippen LogP) is 2.18. The van der Waals surface area contributed by atoms with Crippen LogP contribution in [0.3, 0.4) is 0 Å². The van der Waals surface area contributed by atoms with Crippen LogP contribution >= 0.6 is 0 Å². The summed E-state index contributed by atoms with van der Waals surface area (Å²) in [5, 5.41) is 15.6. The number of rotatable bonds is 7. The van der Waals surface area contributed by atoms with Crippen molar-refractivity contribution in [3.63, 3.8) is 0 Å². The molecule has 2 rings (SSSR count). The molecule has 5 heteroatoms. The van der Waals surface area contributed by atoms with E-state index < -0.39 is 5.60 Å². The molecule has 1 aromatic carbocycles. The second-order valence-corrected chi connectivity index (χ2v) is 4.94. The van der Waals surface area contributed by atoms with Crippen LogP contribution in [0, 0.1) is 0 Å². The maximum atomic E-state index is 11.3. The number of aromatic nitrogens is 2. The summed E-state index contributed by atoms with van der Waals surface area (Å²) in [5.74, 6) is 0.562. The van der Waals surface area contributed by atoms with Crippen LogP contribution in [0.1, 0.15) is 24.6 Å². The molecule has 114 valence electrons. The van der Waals surface area contributed by atoms with Crippen molar-refractivity contribution in [1.82, 2.24) is 9.78 Å². The Morgan fingerprint density at radius 1 is 1.24 bits per heavy atom. The first-order valence-electron chi connectivity index (χ1n) is 7.04. The lowest BCUT2D eigenvalue weighted by Gasteiger charge is -2.29. The van der Waals surface area contributed by atoms with Crippen LogP contribution < -0.4 is 4.74 Å². The van der Waals surface area contributed by atoms with Gasteiger partial charge in [-0.25, -0.2) is 0 Å². The van der Waals surface area contributed by atoms with Crippen molar-refractivity contribution in [1.29, 1.82) is 0 Å². The van der Waals surface area contributed by atoms with Crippen molar-refractivity contribution in [3.8, 4) is 5.75 Å². The maximum absolute atomic E-state index is 11.3. The molecule has 0 fully saturated rings. The molecule has 0 aliphatic heterocycles. The van der Waals surface area contributed by atoms with Gasteiger partial charge in [-0.1, -0.05) is 37.3 Å². The molecule has 1 heterocycles. The van der Waals surface area contributed by atoms with E-state index in [1.165, 1.54) is 0 Å². The first-order valence-corrected chi connectivity index (χ1v) is 7.04. The molecule has 1 aromatic heterocycles. The van der Waals surface area contributed by atoms with Crippen LogP contribution in [0.15, 0.2) is 36.5 Å². The van der Waals surface area contributed by atoms with Gasteiger partial charge < -0.3 is 14.6 Å².